The summed E-state index contributed by atoms with van der Waals surface area (Å²) in [5.74, 6) is 0.0687. The van der Waals surface area contributed by atoms with Crippen LogP contribution < -0.4 is 29.1 Å². The number of hydrogen-bond acceptors (Lipinski definition) is 10. The number of rotatable bonds is 12. The molecule has 0 unspecified atom stereocenters. The lowest BCUT2D eigenvalue weighted by molar-refractivity contribution is -0.143. The molecule has 256 valence electrons. The third kappa shape index (κ3) is 8.21. The fraction of sp³-hybridized carbons (Fsp3) is 0.257. The lowest BCUT2D eigenvalue weighted by Crippen LogP contribution is -2.40. The molecule has 0 saturated carbocycles. The predicted molar refractivity (Wildman–Crippen MR) is 190 cm³/mol. The van der Waals surface area contributed by atoms with Crippen molar-refractivity contribution in [2.75, 3.05) is 26.9 Å². The first kappa shape index (κ1) is 36.2. The average molecular weight is 791 g/mol. The maximum atomic E-state index is 14.1. The largest absolute Gasteiger partial charge is 0.490 e. The van der Waals surface area contributed by atoms with Crippen LogP contribution in [0.3, 0.4) is 0 Å². The van der Waals surface area contributed by atoms with Crippen molar-refractivity contribution in [1.29, 1.82) is 0 Å². The van der Waals surface area contributed by atoms with Gasteiger partial charge in [0.15, 0.2) is 22.9 Å². The zero-order valence-corrected chi connectivity index (χ0v) is 30.8. The van der Waals surface area contributed by atoms with Gasteiger partial charge >= 0.3 is 11.9 Å². The Hall–Kier alpha value is -4.10. The first-order chi connectivity index (χ1) is 23.5. The van der Waals surface area contributed by atoms with Crippen molar-refractivity contribution in [2.24, 2.45) is 4.99 Å². The van der Waals surface area contributed by atoms with E-state index >= 15 is 0 Å². The van der Waals surface area contributed by atoms with E-state index in [-0.39, 0.29) is 31.0 Å². The molecule has 0 saturated heterocycles. The third-order valence-electron chi connectivity index (χ3n) is 7.33. The van der Waals surface area contributed by atoms with Gasteiger partial charge in [-0.3, -0.25) is 9.36 Å². The molecule has 2 heterocycles. The number of hydrogen-bond donors (Lipinski definition) is 0. The highest BCUT2D eigenvalue weighted by Crippen LogP contribution is 2.36. The van der Waals surface area contributed by atoms with Gasteiger partial charge in [-0.25, -0.2) is 14.6 Å². The van der Waals surface area contributed by atoms with Crippen LogP contribution in [0.25, 0.3) is 6.08 Å². The second-order valence-electron chi connectivity index (χ2n) is 10.5. The maximum absolute atomic E-state index is 14.1. The van der Waals surface area contributed by atoms with Crippen molar-refractivity contribution in [3.8, 4) is 17.2 Å². The van der Waals surface area contributed by atoms with E-state index in [0.717, 1.165) is 11.1 Å². The summed E-state index contributed by atoms with van der Waals surface area (Å²) in [7, 11) is 1.27. The number of carbonyl (C=O) groups excluding carboxylic acids is 2. The average Bonchev–Trinajstić information content (AvgIpc) is 3.37. The molecule has 49 heavy (non-hydrogen) atoms. The highest BCUT2D eigenvalue weighted by atomic mass is 79.9. The van der Waals surface area contributed by atoms with Gasteiger partial charge in [0.05, 0.1) is 46.6 Å². The topological polar surface area (TPSA) is 115 Å². The van der Waals surface area contributed by atoms with E-state index < -0.39 is 18.0 Å². The quantitative estimate of drug-likeness (QED) is 0.152. The Kier molecular flexibility index (Phi) is 11.9. The molecule has 1 atom stereocenters. The molecule has 1 aliphatic rings. The van der Waals surface area contributed by atoms with Crippen molar-refractivity contribution in [2.45, 2.75) is 33.4 Å². The predicted octanol–water partition coefficient (Wildman–Crippen LogP) is 6.40. The van der Waals surface area contributed by atoms with Gasteiger partial charge in [-0.1, -0.05) is 52.7 Å². The Morgan fingerprint density at radius 1 is 0.980 bits per heavy atom. The van der Waals surface area contributed by atoms with Gasteiger partial charge < -0.3 is 23.7 Å². The van der Waals surface area contributed by atoms with Gasteiger partial charge in [0.1, 0.15) is 12.4 Å². The molecule has 5 rings (SSSR count). The van der Waals surface area contributed by atoms with Gasteiger partial charge in [0.2, 0.25) is 0 Å². The second kappa shape index (κ2) is 16.1. The highest BCUT2D eigenvalue weighted by Gasteiger charge is 2.34. The van der Waals surface area contributed by atoms with Crippen LogP contribution >= 0.6 is 50.5 Å². The van der Waals surface area contributed by atoms with E-state index in [1.54, 1.807) is 69.3 Å². The van der Waals surface area contributed by atoms with Gasteiger partial charge in [-0.15, -0.1) is 0 Å². The summed E-state index contributed by atoms with van der Waals surface area (Å²) in [6.45, 7) is 5.57. The Morgan fingerprint density at radius 2 is 1.76 bits per heavy atom. The number of allylic oxidation sites excluding steroid dienone is 1. The molecule has 0 fully saturated rings. The Balaban J connectivity index is 1.53. The van der Waals surface area contributed by atoms with Gasteiger partial charge in [-0.05, 0) is 90.3 Å². The summed E-state index contributed by atoms with van der Waals surface area (Å²) >= 11 is 17.1. The van der Waals surface area contributed by atoms with E-state index in [2.05, 4.69) is 25.7 Å². The van der Waals surface area contributed by atoms with Crippen molar-refractivity contribution in [3.63, 3.8) is 0 Å². The number of thiazole rings is 1. The van der Waals surface area contributed by atoms with E-state index in [9.17, 15) is 14.4 Å². The molecule has 14 heteroatoms. The van der Waals surface area contributed by atoms with Gasteiger partial charge in [0, 0.05) is 15.6 Å². The monoisotopic (exact) mass is 788 g/mol. The molecule has 0 radical (unpaired) electrons. The van der Waals surface area contributed by atoms with Crippen LogP contribution in [0, 0.1) is 0 Å². The lowest BCUT2D eigenvalue weighted by atomic mass is 9.95. The maximum Gasteiger partial charge on any atom is 0.343 e. The number of carbonyl (C=O) groups is 2. The second-order valence-corrected chi connectivity index (χ2v) is 13.2. The molecule has 0 amide bonds. The number of fused-ring (bicyclic) bond motifs is 1. The first-order valence-corrected chi connectivity index (χ1v) is 17.4. The van der Waals surface area contributed by atoms with Crippen LogP contribution in [-0.4, -0.2) is 43.4 Å². The zero-order valence-electron chi connectivity index (χ0n) is 26.9. The van der Waals surface area contributed by atoms with Crippen LogP contribution in [0.15, 0.2) is 80.1 Å². The van der Waals surface area contributed by atoms with Crippen LogP contribution in [0.1, 0.15) is 43.5 Å². The summed E-state index contributed by atoms with van der Waals surface area (Å²) in [5, 5.41) is 1.05. The van der Waals surface area contributed by atoms with Crippen LogP contribution in [0.2, 0.25) is 10.0 Å². The molecular formula is C35H31BrCl2N2O8S. The smallest absolute Gasteiger partial charge is 0.343 e. The summed E-state index contributed by atoms with van der Waals surface area (Å²) in [4.78, 5) is 44.3. The Morgan fingerprint density at radius 3 is 2.45 bits per heavy atom. The van der Waals surface area contributed by atoms with Gasteiger partial charge in [0.25, 0.3) is 5.56 Å². The molecule has 1 aliphatic heterocycles. The minimum atomic E-state index is -0.881. The highest BCUT2D eigenvalue weighted by molar-refractivity contribution is 9.10. The van der Waals surface area contributed by atoms with E-state index in [0.29, 0.717) is 59.0 Å². The minimum absolute atomic E-state index is 0.137. The molecule has 0 aliphatic carbocycles. The number of aromatic nitrogens is 1. The number of benzene rings is 3. The van der Waals surface area contributed by atoms with Crippen LogP contribution in [-0.2, 0) is 25.7 Å². The number of nitrogens with zero attached hydrogens (tertiary/aromatic N) is 2. The molecule has 1 aromatic heterocycles. The van der Waals surface area contributed by atoms with E-state index in [4.69, 9.17) is 42.1 Å². The molecular weight excluding hydrogens is 759 g/mol. The van der Waals surface area contributed by atoms with E-state index in [1.807, 2.05) is 12.1 Å². The fourth-order valence-corrected chi connectivity index (χ4v) is 7.07. The summed E-state index contributed by atoms with van der Waals surface area (Å²) in [6, 6.07) is 14.8. The summed E-state index contributed by atoms with van der Waals surface area (Å²) in [5.41, 5.74) is 2.37. The molecule has 0 spiro atoms. The minimum Gasteiger partial charge on any atom is -0.490 e. The number of esters is 2. The third-order valence-corrected chi connectivity index (χ3v) is 9.52. The van der Waals surface area contributed by atoms with Crippen molar-refractivity contribution >= 4 is 68.5 Å². The first-order valence-electron chi connectivity index (χ1n) is 15.1. The zero-order chi connectivity index (χ0) is 35.2. The Bertz CT molecular complexity index is 2130. The molecule has 3 aromatic carbocycles. The lowest BCUT2D eigenvalue weighted by Gasteiger charge is -2.25. The number of ether oxygens (including phenoxy) is 5. The molecule has 4 aromatic rings. The van der Waals surface area contributed by atoms with Crippen LogP contribution in [0.4, 0.5) is 0 Å². The molecule has 0 N–H and O–H groups in total. The number of halogens is 3. The summed E-state index contributed by atoms with van der Waals surface area (Å²) in [6.07, 6.45) is 1.75. The van der Waals surface area contributed by atoms with E-state index in [1.165, 1.54) is 23.0 Å². The molecule has 10 nitrogen and oxygen atoms in total. The normalized spacial score (nSPS) is 14.2. The fourth-order valence-electron chi connectivity index (χ4n) is 5.05. The summed E-state index contributed by atoms with van der Waals surface area (Å²) < 4.78 is 30.1. The van der Waals surface area contributed by atoms with Crippen molar-refractivity contribution in [1.82, 2.24) is 4.57 Å². The van der Waals surface area contributed by atoms with Crippen LogP contribution in [0.5, 0.6) is 17.2 Å². The number of methoxy groups -OCH3 is 1. The van der Waals surface area contributed by atoms with Crippen molar-refractivity contribution < 1.29 is 33.3 Å². The SMILES string of the molecule is CCOC(=O)C1=C(C)N=c2s/c(=C\c3ccc(OCc4ccc(Cl)cc4Cl)c(Br)c3)c(=O)n2[C@H]1c1ccc(OCC(=O)OC)c(OCC)c1. The Labute approximate surface area is 304 Å². The standard InChI is InChI=1S/C35H31BrCl2N2O8S/c1-5-45-28-15-21(9-12-27(28)48-18-30(41)44-4)32-31(34(43)46-6-2)19(3)39-35-40(32)33(42)29(49-35)14-20-7-11-26(24(36)13-20)47-17-22-8-10-23(37)16-25(22)38/h7-16,32H,5-6,17-18H2,1-4H3/b29-14-/t32-/m0/s1. The van der Waals surface area contributed by atoms with Crippen molar-refractivity contribution in [3.05, 3.63) is 117 Å². The van der Waals surface area contributed by atoms with Gasteiger partial charge in [-0.2, -0.15) is 0 Å². The molecule has 0 bridgehead atoms.